The summed E-state index contributed by atoms with van der Waals surface area (Å²) >= 11 is 13.1. The van der Waals surface area contributed by atoms with Crippen LogP contribution in [0.4, 0.5) is 5.69 Å². The van der Waals surface area contributed by atoms with Crippen LogP contribution in [0.25, 0.3) is 0 Å². The van der Waals surface area contributed by atoms with E-state index >= 15 is 0 Å². The molecule has 1 aromatic heterocycles. The minimum absolute atomic E-state index is 0.343. The molecule has 0 aliphatic rings. The first-order valence-electron chi connectivity index (χ1n) is 6.69. The van der Waals surface area contributed by atoms with Crippen molar-refractivity contribution >= 4 is 52.1 Å². The van der Waals surface area contributed by atoms with Crippen molar-refractivity contribution in [3.05, 3.63) is 43.8 Å². The molecule has 1 amide bonds. The molecule has 0 aliphatic carbocycles. The molecule has 0 radical (unpaired) electrons. The number of rotatable bonds is 4. The number of nitrogens with one attached hydrogen (secondary N) is 1. The zero-order chi connectivity index (χ0) is 17.1. The maximum absolute atomic E-state index is 12.1. The highest BCUT2D eigenvalue weighted by molar-refractivity contribution is 7.13. The van der Waals surface area contributed by atoms with Gasteiger partial charge < -0.3 is 10.1 Å². The number of thiazole rings is 1. The fourth-order valence-electron chi connectivity index (χ4n) is 1.82. The van der Waals surface area contributed by atoms with E-state index < -0.39 is 18.0 Å². The van der Waals surface area contributed by atoms with E-state index in [9.17, 15) is 9.59 Å². The molecule has 0 aliphatic heterocycles. The lowest BCUT2D eigenvalue weighted by molar-refractivity contribution is -0.123. The monoisotopic (exact) mass is 372 g/mol. The molecule has 1 N–H and O–H groups in total. The summed E-state index contributed by atoms with van der Waals surface area (Å²) in [6, 6.07) is 4.70. The molecule has 1 atom stereocenters. The Morgan fingerprint density at radius 2 is 2.00 bits per heavy atom. The fourth-order valence-corrected chi connectivity index (χ4v) is 2.96. The van der Waals surface area contributed by atoms with Gasteiger partial charge in [-0.25, -0.2) is 9.78 Å². The molecular formula is C15H14Cl2N2O3S. The first kappa shape index (κ1) is 17.7. The van der Waals surface area contributed by atoms with E-state index in [-0.39, 0.29) is 0 Å². The number of aryl methyl sites for hydroxylation is 2. The van der Waals surface area contributed by atoms with Crippen LogP contribution in [0.15, 0.2) is 18.2 Å². The van der Waals surface area contributed by atoms with Crippen molar-refractivity contribution < 1.29 is 14.3 Å². The van der Waals surface area contributed by atoms with E-state index in [0.29, 0.717) is 26.3 Å². The Labute approximate surface area is 147 Å². The fraction of sp³-hybridized carbons (Fsp3) is 0.267. The van der Waals surface area contributed by atoms with Crippen LogP contribution in [0.3, 0.4) is 0 Å². The van der Waals surface area contributed by atoms with Gasteiger partial charge in [0.2, 0.25) is 0 Å². The number of carbonyl (C=O) groups excluding carboxylic acids is 2. The van der Waals surface area contributed by atoms with Crippen LogP contribution >= 0.6 is 34.5 Å². The second-order valence-corrected chi connectivity index (χ2v) is 6.86. The maximum Gasteiger partial charge on any atom is 0.351 e. The number of esters is 1. The quantitative estimate of drug-likeness (QED) is 0.814. The van der Waals surface area contributed by atoms with Gasteiger partial charge in [0.1, 0.15) is 4.88 Å². The SMILES string of the molecule is Cc1nc(C)c(C(=O)O[C@H](C)C(=O)Nc2cc(Cl)ccc2Cl)s1. The Morgan fingerprint density at radius 1 is 1.30 bits per heavy atom. The zero-order valence-electron chi connectivity index (χ0n) is 12.6. The van der Waals surface area contributed by atoms with Crippen LogP contribution < -0.4 is 5.32 Å². The third kappa shape index (κ3) is 4.43. The van der Waals surface area contributed by atoms with Gasteiger partial charge in [-0.05, 0) is 39.0 Å². The first-order chi connectivity index (χ1) is 10.8. The lowest BCUT2D eigenvalue weighted by Crippen LogP contribution is -2.30. The smallest absolute Gasteiger partial charge is 0.351 e. The Bertz CT molecular complexity index is 761. The lowest BCUT2D eigenvalue weighted by atomic mass is 10.3. The van der Waals surface area contributed by atoms with E-state index in [1.54, 1.807) is 26.0 Å². The summed E-state index contributed by atoms with van der Waals surface area (Å²) in [6.07, 6.45) is -0.987. The average Bonchev–Trinajstić information content (AvgIpc) is 2.81. The maximum atomic E-state index is 12.1. The number of benzene rings is 1. The second-order valence-electron chi connectivity index (χ2n) is 4.81. The van der Waals surface area contributed by atoms with Gasteiger partial charge >= 0.3 is 5.97 Å². The predicted octanol–water partition coefficient (Wildman–Crippen LogP) is 4.25. The van der Waals surface area contributed by atoms with Gasteiger partial charge in [-0.2, -0.15) is 0 Å². The summed E-state index contributed by atoms with van der Waals surface area (Å²) in [4.78, 5) is 28.8. The molecule has 1 aromatic carbocycles. The van der Waals surface area contributed by atoms with E-state index in [1.165, 1.54) is 24.3 Å². The number of amides is 1. The van der Waals surface area contributed by atoms with Gasteiger partial charge in [0, 0.05) is 5.02 Å². The van der Waals surface area contributed by atoms with Crippen molar-refractivity contribution in [3.8, 4) is 0 Å². The molecule has 5 nitrogen and oxygen atoms in total. The van der Waals surface area contributed by atoms with Crippen molar-refractivity contribution in [2.75, 3.05) is 5.32 Å². The van der Waals surface area contributed by atoms with Crippen LogP contribution in [-0.4, -0.2) is 23.0 Å². The zero-order valence-corrected chi connectivity index (χ0v) is 15.0. The molecule has 0 saturated heterocycles. The highest BCUT2D eigenvalue weighted by Crippen LogP contribution is 2.26. The summed E-state index contributed by atoms with van der Waals surface area (Å²) in [5.74, 6) is -1.07. The topological polar surface area (TPSA) is 68.3 Å². The standard InChI is InChI=1S/C15H14Cl2N2O3S/c1-7-13(23-9(3)18-7)15(21)22-8(2)14(20)19-12-6-10(16)4-5-11(12)17/h4-6,8H,1-3H3,(H,19,20)/t8-/m1/s1. The van der Waals surface area contributed by atoms with E-state index in [0.717, 1.165) is 5.01 Å². The Balaban J connectivity index is 2.04. The number of anilines is 1. The van der Waals surface area contributed by atoms with Crippen LogP contribution in [0.2, 0.25) is 10.0 Å². The summed E-state index contributed by atoms with van der Waals surface area (Å²) in [7, 11) is 0. The van der Waals surface area contributed by atoms with Gasteiger partial charge in [-0.3, -0.25) is 4.79 Å². The number of ether oxygens (including phenoxy) is 1. The van der Waals surface area contributed by atoms with Crippen molar-refractivity contribution in [2.45, 2.75) is 26.9 Å². The summed E-state index contributed by atoms with van der Waals surface area (Å²) < 4.78 is 5.18. The second kappa shape index (κ2) is 7.29. The molecule has 2 rings (SSSR count). The molecule has 8 heteroatoms. The number of aromatic nitrogens is 1. The van der Waals surface area contributed by atoms with Gasteiger partial charge in [0.25, 0.3) is 5.91 Å². The molecule has 2 aromatic rings. The molecule has 0 fully saturated rings. The first-order valence-corrected chi connectivity index (χ1v) is 8.26. The van der Waals surface area contributed by atoms with Crippen LogP contribution in [0.5, 0.6) is 0 Å². The van der Waals surface area contributed by atoms with E-state index in [1.807, 2.05) is 0 Å². The summed E-state index contributed by atoms with van der Waals surface area (Å²) in [6.45, 7) is 5.00. The largest absolute Gasteiger partial charge is 0.448 e. The van der Waals surface area contributed by atoms with Crippen molar-refractivity contribution in [1.82, 2.24) is 4.98 Å². The summed E-state index contributed by atoms with van der Waals surface area (Å²) in [5.41, 5.74) is 0.944. The van der Waals surface area contributed by atoms with Gasteiger partial charge in [0.15, 0.2) is 6.10 Å². The number of nitrogens with zero attached hydrogens (tertiary/aromatic N) is 1. The minimum atomic E-state index is -0.987. The summed E-state index contributed by atoms with van der Waals surface area (Å²) in [5, 5.41) is 4.12. The number of halogens is 2. The molecule has 0 unspecified atom stereocenters. The third-order valence-electron chi connectivity index (χ3n) is 2.93. The number of carbonyl (C=O) groups is 2. The number of hydrogen-bond acceptors (Lipinski definition) is 5. The van der Waals surface area contributed by atoms with Crippen molar-refractivity contribution in [3.63, 3.8) is 0 Å². The van der Waals surface area contributed by atoms with Crippen LogP contribution in [-0.2, 0) is 9.53 Å². The minimum Gasteiger partial charge on any atom is -0.448 e. The molecule has 23 heavy (non-hydrogen) atoms. The highest BCUT2D eigenvalue weighted by atomic mass is 35.5. The predicted molar refractivity (Wildman–Crippen MR) is 91.6 cm³/mol. The van der Waals surface area contributed by atoms with Crippen molar-refractivity contribution in [1.29, 1.82) is 0 Å². The average molecular weight is 373 g/mol. The van der Waals surface area contributed by atoms with Gasteiger partial charge in [0.05, 0.1) is 21.4 Å². The molecule has 0 bridgehead atoms. The number of hydrogen-bond donors (Lipinski definition) is 1. The Hall–Kier alpha value is -1.63. The molecular weight excluding hydrogens is 359 g/mol. The van der Waals surface area contributed by atoms with Crippen LogP contribution in [0.1, 0.15) is 27.3 Å². The van der Waals surface area contributed by atoms with Crippen LogP contribution in [0, 0.1) is 13.8 Å². The highest BCUT2D eigenvalue weighted by Gasteiger charge is 2.22. The van der Waals surface area contributed by atoms with E-state index in [2.05, 4.69) is 10.3 Å². The lowest BCUT2D eigenvalue weighted by Gasteiger charge is -2.14. The molecule has 122 valence electrons. The van der Waals surface area contributed by atoms with Crippen molar-refractivity contribution in [2.24, 2.45) is 0 Å². The third-order valence-corrected chi connectivity index (χ3v) is 4.55. The van der Waals surface area contributed by atoms with E-state index in [4.69, 9.17) is 27.9 Å². The molecule has 1 heterocycles. The van der Waals surface area contributed by atoms with Gasteiger partial charge in [-0.15, -0.1) is 11.3 Å². The Morgan fingerprint density at radius 3 is 2.61 bits per heavy atom. The molecule has 0 saturated carbocycles. The van der Waals surface area contributed by atoms with Gasteiger partial charge in [-0.1, -0.05) is 23.2 Å². The normalized spacial score (nSPS) is 11.9. The Kier molecular flexibility index (Phi) is 5.62. The molecule has 0 spiro atoms.